The van der Waals surface area contributed by atoms with Crippen LogP contribution in [0.2, 0.25) is 0 Å². The zero-order valence-corrected chi connectivity index (χ0v) is 19.7. The first-order valence-corrected chi connectivity index (χ1v) is 12.2. The first kappa shape index (κ1) is 22.4. The molecule has 3 N–H and O–H groups in total. The SMILES string of the molecule is N=Cc1cc(N2CCC3(CCC(=O)N3)C2c2ccc3c(c2)OCCO3)ccc1Nc1ccc(F)cc1. The molecule has 6 rings (SSSR count). The van der Waals surface area contributed by atoms with Crippen LogP contribution in [-0.4, -0.2) is 37.4 Å². The molecule has 184 valence electrons. The van der Waals surface area contributed by atoms with E-state index in [-0.39, 0.29) is 23.3 Å². The Morgan fingerprint density at radius 2 is 1.83 bits per heavy atom. The van der Waals surface area contributed by atoms with E-state index in [0.29, 0.717) is 25.2 Å². The molecule has 0 aliphatic carbocycles. The van der Waals surface area contributed by atoms with Gasteiger partial charge in [-0.05, 0) is 73.0 Å². The molecule has 3 aliphatic heterocycles. The zero-order chi connectivity index (χ0) is 24.7. The minimum atomic E-state index is -0.364. The van der Waals surface area contributed by atoms with E-state index in [1.54, 1.807) is 12.1 Å². The third-order valence-corrected chi connectivity index (χ3v) is 7.35. The van der Waals surface area contributed by atoms with Gasteiger partial charge in [0.15, 0.2) is 11.5 Å². The molecule has 3 heterocycles. The van der Waals surface area contributed by atoms with Crippen molar-refractivity contribution in [1.29, 1.82) is 5.41 Å². The summed E-state index contributed by atoms with van der Waals surface area (Å²) >= 11 is 0. The monoisotopic (exact) mass is 486 g/mol. The molecule has 2 atom stereocenters. The van der Waals surface area contributed by atoms with Crippen LogP contribution < -0.4 is 25.0 Å². The Morgan fingerprint density at radius 3 is 2.58 bits per heavy atom. The quantitative estimate of drug-likeness (QED) is 0.445. The van der Waals surface area contributed by atoms with E-state index in [2.05, 4.69) is 21.6 Å². The average molecular weight is 487 g/mol. The summed E-state index contributed by atoms with van der Waals surface area (Å²) in [4.78, 5) is 14.7. The second-order valence-corrected chi connectivity index (χ2v) is 9.50. The summed E-state index contributed by atoms with van der Waals surface area (Å²) < 4.78 is 24.9. The van der Waals surface area contributed by atoms with Crippen LogP contribution in [0.1, 0.15) is 36.4 Å². The Bertz CT molecular complexity index is 1330. The largest absolute Gasteiger partial charge is 0.486 e. The molecule has 2 fully saturated rings. The number of anilines is 3. The number of benzene rings is 3. The number of amides is 1. The summed E-state index contributed by atoms with van der Waals surface area (Å²) in [6.45, 7) is 1.81. The van der Waals surface area contributed by atoms with E-state index in [0.717, 1.165) is 53.5 Å². The smallest absolute Gasteiger partial charge is 0.220 e. The lowest BCUT2D eigenvalue weighted by molar-refractivity contribution is -0.119. The van der Waals surface area contributed by atoms with Gasteiger partial charge in [0.1, 0.15) is 19.0 Å². The fourth-order valence-electron chi connectivity index (χ4n) is 5.67. The summed E-state index contributed by atoms with van der Waals surface area (Å²) in [6.07, 6.45) is 3.43. The molecule has 3 aromatic carbocycles. The van der Waals surface area contributed by atoms with Crippen LogP contribution in [0.15, 0.2) is 60.7 Å². The van der Waals surface area contributed by atoms with Crippen molar-refractivity contribution < 1.29 is 18.7 Å². The average Bonchev–Trinajstić information content (AvgIpc) is 3.47. The van der Waals surface area contributed by atoms with Gasteiger partial charge in [0.05, 0.1) is 11.6 Å². The molecule has 8 heteroatoms. The van der Waals surface area contributed by atoms with Crippen LogP contribution in [0.4, 0.5) is 21.5 Å². The number of nitrogens with one attached hydrogen (secondary N) is 3. The molecule has 0 radical (unpaired) electrons. The van der Waals surface area contributed by atoms with Crippen LogP contribution in [0.5, 0.6) is 11.5 Å². The van der Waals surface area contributed by atoms with Crippen molar-refractivity contribution in [3.05, 3.63) is 77.6 Å². The van der Waals surface area contributed by atoms with Gasteiger partial charge in [-0.3, -0.25) is 4.79 Å². The zero-order valence-electron chi connectivity index (χ0n) is 19.7. The Balaban J connectivity index is 1.36. The number of nitrogens with zero attached hydrogens (tertiary/aromatic N) is 1. The van der Waals surface area contributed by atoms with E-state index in [4.69, 9.17) is 14.9 Å². The molecule has 3 aromatic rings. The molecule has 2 saturated heterocycles. The Kier molecular flexibility index (Phi) is 5.51. The fraction of sp³-hybridized carbons (Fsp3) is 0.286. The van der Waals surface area contributed by atoms with E-state index < -0.39 is 0 Å². The molecule has 36 heavy (non-hydrogen) atoms. The lowest BCUT2D eigenvalue weighted by Gasteiger charge is -2.37. The van der Waals surface area contributed by atoms with Gasteiger partial charge in [-0.25, -0.2) is 4.39 Å². The molecule has 3 aliphatic rings. The summed E-state index contributed by atoms with van der Waals surface area (Å²) in [5.41, 5.74) is 3.89. The molecule has 1 spiro atoms. The maximum atomic E-state index is 13.3. The van der Waals surface area contributed by atoms with Gasteiger partial charge in [0.2, 0.25) is 5.91 Å². The van der Waals surface area contributed by atoms with E-state index in [9.17, 15) is 9.18 Å². The summed E-state index contributed by atoms with van der Waals surface area (Å²) in [7, 11) is 0. The minimum Gasteiger partial charge on any atom is -0.486 e. The van der Waals surface area contributed by atoms with Gasteiger partial charge in [0, 0.05) is 41.8 Å². The number of rotatable bonds is 5. The number of hydrogen-bond acceptors (Lipinski definition) is 6. The maximum Gasteiger partial charge on any atom is 0.220 e. The van der Waals surface area contributed by atoms with Gasteiger partial charge in [-0.15, -0.1) is 0 Å². The molecular formula is C28H27FN4O3. The highest BCUT2D eigenvalue weighted by molar-refractivity contribution is 5.89. The highest BCUT2D eigenvalue weighted by Crippen LogP contribution is 2.49. The molecule has 0 aromatic heterocycles. The third kappa shape index (κ3) is 3.92. The normalized spacial score (nSPS) is 22.5. The summed E-state index contributed by atoms with van der Waals surface area (Å²) in [5.74, 6) is 1.25. The van der Waals surface area contributed by atoms with E-state index in [1.807, 2.05) is 30.3 Å². The first-order valence-electron chi connectivity index (χ1n) is 12.2. The topological polar surface area (TPSA) is 86.7 Å². The van der Waals surface area contributed by atoms with Gasteiger partial charge in [-0.2, -0.15) is 0 Å². The minimum absolute atomic E-state index is 0.0819. The molecular weight excluding hydrogens is 459 g/mol. The second kappa shape index (κ2) is 8.86. The van der Waals surface area contributed by atoms with Crippen molar-refractivity contribution in [2.45, 2.75) is 30.8 Å². The van der Waals surface area contributed by atoms with Crippen LogP contribution in [0.3, 0.4) is 0 Å². The van der Waals surface area contributed by atoms with Gasteiger partial charge < -0.3 is 30.4 Å². The summed E-state index contributed by atoms with van der Waals surface area (Å²) in [5, 5.41) is 14.6. The molecule has 1 amide bonds. The number of fused-ring (bicyclic) bond motifs is 1. The second-order valence-electron chi connectivity index (χ2n) is 9.50. The highest BCUT2D eigenvalue weighted by atomic mass is 19.1. The van der Waals surface area contributed by atoms with E-state index >= 15 is 0 Å². The van der Waals surface area contributed by atoms with Gasteiger partial charge in [0.25, 0.3) is 0 Å². The maximum absolute atomic E-state index is 13.3. The van der Waals surface area contributed by atoms with Crippen molar-refractivity contribution in [2.75, 3.05) is 30.0 Å². The number of carbonyl (C=O) groups excluding carboxylic acids is 1. The third-order valence-electron chi connectivity index (χ3n) is 7.35. The van der Waals surface area contributed by atoms with Crippen LogP contribution >= 0.6 is 0 Å². The fourth-order valence-corrected chi connectivity index (χ4v) is 5.67. The lowest BCUT2D eigenvalue weighted by atomic mass is 9.84. The van der Waals surface area contributed by atoms with Crippen molar-refractivity contribution in [2.24, 2.45) is 0 Å². The highest BCUT2D eigenvalue weighted by Gasteiger charge is 2.52. The van der Waals surface area contributed by atoms with Crippen LogP contribution in [0, 0.1) is 11.2 Å². The van der Waals surface area contributed by atoms with Crippen molar-refractivity contribution >= 4 is 29.2 Å². The first-order chi connectivity index (χ1) is 17.5. The Morgan fingerprint density at radius 1 is 1.03 bits per heavy atom. The number of halogens is 1. The predicted molar refractivity (Wildman–Crippen MR) is 136 cm³/mol. The lowest BCUT2D eigenvalue weighted by Crippen LogP contribution is -2.46. The Labute approximate surface area is 208 Å². The molecule has 2 unspecified atom stereocenters. The van der Waals surface area contributed by atoms with Crippen molar-refractivity contribution in [3.8, 4) is 11.5 Å². The summed E-state index contributed by atoms with van der Waals surface area (Å²) in [6, 6.07) is 18.0. The van der Waals surface area contributed by atoms with Crippen molar-refractivity contribution in [3.63, 3.8) is 0 Å². The molecule has 7 nitrogen and oxygen atoms in total. The Hall–Kier alpha value is -4.07. The number of hydrogen-bond donors (Lipinski definition) is 3. The van der Waals surface area contributed by atoms with E-state index in [1.165, 1.54) is 18.3 Å². The predicted octanol–water partition coefficient (Wildman–Crippen LogP) is 4.94. The number of carbonyl (C=O) groups is 1. The van der Waals surface area contributed by atoms with Crippen LogP contribution in [-0.2, 0) is 4.79 Å². The van der Waals surface area contributed by atoms with Crippen molar-refractivity contribution in [1.82, 2.24) is 5.32 Å². The van der Waals surface area contributed by atoms with Crippen LogP contribution in [0.25, 0.3) is 0 Å². The van der Waals surface area contributed by atoms with Gasteiger partial charge >= 0.3 is 0 Å². The van der Waals surface area contributed by atoms with Gasteiger partial charge in [-0.1, -0.05) is 6.07 Å². The molecule has 0 saturated carbocycles. The number of ether oxygens (including phenoxy) is 2. The molecule has 0 bridgehead atoms. The standard InChI is InChI=1S/C28H27FN4O3/c29-20-2-4-21(5-3-20)31-23-7-6-22(15-19(23)17-30)33-12-11-28(10-9-26(34)32-28)27(33)18-1-8-24-25(16-18)36-14-13-35-24/h1-8,15-17,27,30-31H,9-14H2,(H,32,34).